The maximum atomic E-state index is 5.66. The van der Waals surface area contributed by atoms with Crippen LogP contribution in [-0.4, -0.2) is 32.3 Å². The van der Waals surface area contributed by atoms with Gasteiger partial charge in [0.2, 0.25) is 0 Å². The molecule has 0 aliphatic carbocycles. The molecular formula is C14H25N3O3. The normalized spacial score (nSPS) is 12.4. The molecule has 1 aromatic heterocycles. The molecule has 0 aliphatic heterocycles. The smallest absolute Gasteiger partial charge is 0.326 e. The molecule has 0 saturated heterocycles. The van der Waals surface area contributed by atoms with E-state index in [0.717, 1.165) is 0 Å². The van der Waals surface area contributed by atoms with Gasteiger partial charge in [-0.1, -0.05) is 0 Å². The van der Waals surface area contributed by atoms with Gasteiger partial charge in [-0.2, -0.15) is 0 Å². The minimum absolute atomic E-state index is 0.0395. The Kier molecular flexibility index (Phi) is 4.78. The molecule has 0 aliphatic rings. The van der Waals surface area contributed by atoms with Crippen LogP contribution in [0.3, 0.4) is 0 Å². The lowest BCUT2D eigenvalue weighted by Gasteiger charge is -2.22. The number of hydrogen-bond acceptors (Lipinski definition) is 6. The van der Waals surface area contributed by atoms with E-state index in [4.69, 9.17) is 14.2 Å². The van der Waals surface area contributed by atoms with Gasteiger partial charge in [-0.3, -0.25) is 0 Å². The van der Waals surface area contributed by atoms with Crippen molar-refractivity contribution in [3.63, 3.8) is 0 Å². The summed E-state index contributed by atoms with van der Waals surface area (Å²) in [7, 11) is 0. The van der Waals surface area contributed by atoms with Gasteiger partial charge in [-0.05, 0) is 55.4 Å². The highest BCUT2D eigenvalue weighted by Gasteiger charge is 2.20. The van der Waals surface area contributed by atoms with Crippen molar-refractivity contribution >= 4 is 0 Å². The lowest BCUT2D eigenvalue weighted by molar-refractivity contribution is 0.0927. The molecule has 0 atom stereocenters. The number of ether oxygens (including phenoxy) is 3. The van der Waals surface area contributed by atoms with Crippen LogP contribution in [0.1, 0.15) is 55.4 Å². The Morgan fingerprint density at radius 1 is 0.700 bits per heavy atom. The van der Waals surface area contributed by atoms with E-state index in [2.05, 4.69) is 15.0 Å². The van der Waals surface area contributed by atoms with E-state index in [1.54, 1.807) is 0 Å². The molecule has 0 amide bonds. The first-order chi connectivity index (χ1) is 8.94. The molecule has 6 heteroatoms. The standard InChI is InChI=1S/C14H25N3O3/c1-9(2)18-10-15-11(19-13(3,4)5)17-12(16-10)20-14(6,7)8/h9H,1-8H3. The average Bonchev–Trinajstić information content (AvgIpc) is 2.08. The van der Waals surface area contributed by atoms with E-state index in [9.17, 15) is 0 Å². The Morgan fingerprint density at radius 3 is 1.35 bits per heavy atom. The molecular weight excluding hydrogens is 258 g/mol. The fourth-order valence-corrected chi connectivity index (χ4v) is 1.22. The van der Waals surface area contributed by atoms with Gasteiger partial charge in [-0.25, -0.2) is 0 Å². The first-order valence-corrected chi connectivity index (χ1v) is 6.75. The zero-order chi connectivity index (χ0) is 15.6. The second-order valence-electron chi connectivity index (χ2n) is 6.78. The summed E-state index contributed by atoms with van der Waals surface area (Å²) in [4.78, 5) is 12.4. The summed E-state index contributed by atoms with van der Waals surface area (Å²) in [6, 6.07) is 0.596. The highest BCUT2D eigenvalue weighted by molar-refractivity contribution is 5.10. The Hall–Kier alpha value is -1.59. The van der Waals surface area contributed by atoms with Gasteiger partial charge in [0.15, 0.2) is 0 Å². The lowest BCUT2D eigenvalue weighted by Crippen LogP contribution is -2.27. The highest BCUT2D eigenvalue weighted by atomic mass is 16.5. The van der Waals surface area contributed by atoms with Crippen molar-refractivity contribution in [2.24, 2.45) is 0 Å². The van der Waals surface area contributed by atoms with Crippen LogP contribution in [0, 0.1) is 0 Å². The van der Waals surface area contributed by atoms with Crippen molar-refractivity contribution in [3.05, 3.63) is 0 Å². The third-order valence-electron chi connectivity index (χ3n) is 1.71. The van der Waals surface area contributed by atoms with Crippen LogP contribution in [0.2, 0.25) is 0 Å². The maximum absolute atomic E-state index is 5.66. The Labute approximate surface area is 120 Å². The van der Waals surface area contributed by atoms with E-state index in [0.29, 0.717) is 0 Å². The van der Waals surface area contributed by atoms with Crippen LogP contribution in [0.25, 0.3) is 0 Å². The minimum Gasteiger partial charge on any atom is -0.461 e. The van der Waals surface area contributed by atoms with E-state index in [1.165, 1.54) is 0 Å². The van der Waals surface area contributed by atoms with Crippen molar-refractivity contribution in [2.75, 3.05) is 0 Å². The summed E-state index contributed by atoms with van der Waals surface area (Å²) >= 11 is 0. The molecule has 0 N–H and O–H groups in total. The largest absolute Gasteiger partial charge is 0.461 e. The molecule has 0 saturated carbocycles. The molecule has 0 fully saturated rings. The van der Waals surface area contributed by atoms with Gasteiger partial charge in [-0.15, -0.1) is 15.0 Å². The summed E-state index contributed by atoms with van der Waals surface area (Å²) in [6.07, 6.45) is -0.0395. The SMILES string of the molecule is CC(C)Oc1nc(OC(C)(C)C)nc(OC(C)(C)C)n1. The number of hydrogen-bond donors (Lipinski definition) is 0. The Bertz CT molecular complexity index is 414. The molecule has 0 spiro atoms. The van der Waals surface area contributed by atoms with E-state index >= 15 is 0 Å². The summed E-state index contributed by atoms with van der Waals surface area (Å²) in [6.45, 7) is 15.3. The molecule has 1 aromatic rings. The van der Waals surface area contributed by atoms with Crippen molar-refractivity contribution in [3.8, 4) is 18.0 Å². The predicted molar refractivity (Wildman–Crippen MR) is 76.4 cm³/mol. The predicted octanol–water partition coefficient (Wildman–Crippen LogP) is 3.01. The third kappa shape index (κ3) is 6.54. The molecule has 1 rings (SSSR count). The third-order valence-corrected chi connectivity index (χ3v) is 1.71. The second kappa shape index (κ2) is 5.81. The van der Waals surface area contributed by atoms with Gasteiger partial charge in [0.05, 0.1) is 6.10 Å². The molecule has 6 nitrogen and oxygen atoms in total. The highest BCUT2D eigenvalue weighted by Crippen LogP contribution is 2.21. The van der Waals surface area contributed by atoms with Gasteiger partial charge >= 0.3 is 18.0 Å². The summed E-state index contributed by atoms with van der Waals surface area (Å²) in [5, 5.41) is 0. The zero-order valence-corrected chi connectivity index (χ0v) is 13.6. The van der Waals surface area contributed by atoms with Crippen LogP contribution in [-0.2, 0) is 0 Å². The Balaban J connectivity index is 3.07. The van der Waals surface area contributed by atoms with E-state index in [1.807, 2.05) is 55.4 Å². The van der Waals surface area contributed by atoms with Gasteiger partial charge < -0.3 is 14.2 Å². The van der Waals surface area contributed by atoms with Gasteiger partial charge in [0.25, 0.3) is 0 Å². The molecule has 0 aromatic carbocycles. The summed E-state index contributed by atoms with van der Waals surface area (Å²) < 4.78 is 16.8. The fourth-order valence-electron chi connectivity index (χ4n) is 1.22. The number of nitrogens with zero attached hydrogens (tertiary/aromatic N) is 3. The van der Waals surface area contributed by atoms with E-state index < -0.39 is 11.2 Å². The second-order valence-corrected chi connectivity index (χ2v) is 6.78. The average molecular weight is 283 g/mol. The molecule has 1 heterocycles. The topological polar surface area (TPSA) is 66.4 Å². The van der Waals surface area contributed by atoms with Gasteiger partial charge in [0.1, 0.15) is 11.2 Å². The molecule has 0 radical (unpaired) electrons. The monoisotopic (exact) mass is 283 g/mol. The molecule has 0 bridgehead atoms. The molecule has 0 unspecified atom stereocenters. The van der Waals surface area contributed by atoms with Crippen LogP contribution in [0.15, 0.2) is 0 Å². The first kappa shape index (κ1) is 16.5. The van der Waals surface area contributed by atoms with Crippen molar-refractivity contribution in [1.82, 2.24) is 15.0 Å². The van der Waals surface area contributed by atoms with Crippen molar-refractivity contribution in [1.29, 1.82) is 0 Å². The molecule has 114 valence electrons. The number of aromatic nitrogens is 3. The number of rotatable bonds is 4. The summed E-state index contributed by atoms with van der Waals surface area (Å²) in [5.41, 5.74) is -0.815. The summed E-state index contributed by atoms with van der Waals surface area (Å²) in [5.74, 6) is 0. The van der Waals surface area contributed by atoms with Crippen LogP contribution < -0.4 is 14.2 Å². The fraction of sp³-hybridized carbons (Fsp3) is 0.786. The maximum Gasteiger partial charge on any atom is 0.326 e. The zero-order valence-electron chi connectivity index (χ0n) is 13.6. The van der Waals surface area contributed by atoms with Crippen LogP contribution >= 0.6 is 0 Å². The van der Waals surface area contributed by atoms with Crippen molar-refractivity contribution in [2.45, 2.75) is 72.7 Å². The van der Waals surface area contributed by atoms with Crippen LogP contribution in [0.4, 0.5) is 0 Å². The quantitative estimate of drug-likeness (QED) is 0.846. The minimum atomic E-state index is -0.407. The lowest BCUT2D eigenvalue weighted by atomic mass is 10.2. The molecule has 20 heavy (non-hydrogen) atoms. The van der Waals surface area contributed by atoms with Gasteiger partial charge in [0, 0.05) is 0 Å². The van der Waals surface area contributed by atoms with Crippen LogP contribution in [0.5, 0.6) is 18.0 Å². The van der Waals surface area contributed by atoms with E-state index in [-0.39, 0.29) is 24.1 Å². The van der Waals surface area contributed by atoms with Crippen molar-refractivity contribution < 1.29 is 14.2 Å². The first-order valence-electron chi connectivity index (χ1n) is 6.75. The Morgan fingerprint density at radius 2 is 1.05 bits per heavy atom.